The van der Waals surface area contributed by atoms with Crippen LogP contribution in [0.2, 0.25) is 10.0 Å². The van der Waals surface area contributed by atoms with Gasteiger partial charge >= 0.3 is 0 Å². The minimum Gasteiger partial charge on any atom is -0.376 e. The van der Waals surface area contributed by atoms with Crippen molar-refractivity contribution >= 4 is 29.2 Å². The molecule has 2 heterocycles. The third-order valence-corrected chi connectivity index (χ3v) is 6.25. The monoisotopic (exact) mass is 441 g/mol. The van der Waals surface area contributed by atoms with Gasteiger partial charge < -0.3 is 19.7 Å². The second-order valence-electron chi connectivity index (χ2n) is 7.82. The van der Waals surface area contributed by atoms with Crippen molar-refractivity contribution in [3.8, 4) is 0 Å². The van der Waals surface area contributed by atoms with Gasteiger partial charge in [0.25, 0.3) is 0 Å². The molecule has 2 saturated heterocycles. The average Bonchev–Trinajstić information content (AvgIpc) is 2.75. The largest absolute Gasteiger partial charge is 0.376 e. The van der Waals surface area contributed by atoms with Crippen LogP contribution in [-0.4, -0.2) is 63.0 Å². The van der Waals surface area contributed by atoms with Crippen LogP contribution in [-0.2, 0) is 15.9 Å². The molecule has 0 bridgehead atoms. The van der Waals surface area contributed by atoms with E-state index in [1.807, 2.05) is 19.2 Å². The molecule has 2 aliphatic heterocycles. The summed E-state index contributed by atoms with van der Waals surface area (Å²) in [5.74, 6) is 0.973. The number of aliphatic imine (C=N–C) groups is 1. The lowest BCUT2D eigenvalue weighted by atomic mass is 10.1. The van der Waals surface area contributed by atoms with E-state index in [-0.39, 0.29) is 0 Å². The van der Waals surface area contributed by atoms with Gasteiger partial charge in [-0.05, 0) is 62.6 Å². The molecule has 3 rings (SSSR count). The molecule has 0 saturated carbocycles. The Hall–Kier alpha value is -1.01. The van der Waals surface area contributed by atoms with Gasteiger partial charge in [-0.2, -0.15) is 0 Å². The van der Waals surface area contributed by atoms with Crippen molar-refractivity contribution < 1.29 is 9.47 Å². The fourth-order valence-electron chi connectivity index (χ4n) is 3.95. The van der Waals surface area contributed by atoms with E-state index in [9.17, 15) is 0 Å². The Morgan fingerprint density at radius 3 is 2.76 bits per heavy atom. The van der Waals surface area contributed by atoms with Gasteiger partial charge in [0.15, 0.2) is 5.96 Å². The van der Waals surface area contributed by atoms with E-state index in [2.05, 4.69) is 15.2 Å². The van der Waals surface area contributed by atoms with Gasteiger partial charge in [-0.15, -0.1) is 0 Å². The quantitative estimate of drug-likeness (QED) is 0.382. The number of nitrogens with zero attached hydrogens (tertiary/aromatic N) is 2. The van der Waals surface area contributed by atoms with E-state index in [4.69, 9.17) is 32.7 Å². The van der Waals surface area contributed by atoms with Crippen LogP contribution in [0.4, 0.5) is 0 Å². The molecular formula is C22H33Cl2N3O2. The molecule has 1 unspecified atom stereocenters. The number of nitrogens with one attached hydrogen (secondary N) is 1. The molecule has 29 heavy (non-hydrogen) atoms. The lowest BCUT2D eigenvalue weighted by Crippen LogP contribution is -2.47. The number of piperidine rings is 1. The van der Waals surface area contributed by atoms with Crippen molar-refractivity contribution in [2.75, 3.05) is 39.9 Å². The molecule has 1 N–H and O–H groups in total. The van der Waals surface area contributed by atoms with E-state index in [0.29, 0.717) is 17.2 Å². The highest BCUT2D eigenvalue weighted by Gasteiger charge is 2.23. The van der Waals surface area contributed by atoms with Crippen LogP contribution in [0.1, 0.15) is 44.1 Å². The summed E-state index contributed by atoms with van der Waals surface area (Å²) >= 11 is 12.2. The molecule has 5 nitrogen and oxygen atoms in total. The van der Waals surface area contributed by atoms with Crippen molar-refractivity contribution in [2.24, 2.45) is 4.99 Å². The second kappa shape index (κ2) is 12.0. The zero-order valence-electron chi connectivity index (χ0n) is 17.3. The van der Waals surface area contributed by atoms with E-state index in [1.165, 1.54) is 12.8 Å². The van der Waals surface area contributed by atoms with Crippen LogP contribution in [0.3, 0.4) is 0 Å². The number of hydrogen-bond acceptors (Lipinski definition) is 3. The Bertz CT molecular complexity index is 657. The average molecular weight is 442 g/mol. The number of aryl methyl sites for hydroxylation is 1. The number of rotatable bonds is 7. The fourth-order valence-corrected chi connectivity index (χ4v) is 4.46. The molecule has 0 aliphatic carbocycles. The first kappa shape index (κ1) is 22.7. The Morgan fingerprint density at radius 1 is 1.24 bits per heavy atom. The summed E-state index contributed by atoms with van der Waals surface area (Å²) in [6.07, 6.45) is 8.19. The molecule has 0 radical (unpaired) electrons. The van der Waals surface area contributed by atoms with E-state index >= 15 is 0 Å². The first-order valence-electron chi connectivity index (χ1n) is 10.8. The van der Waals surface area contributed by atoms with Crippen LogP contribution in [0.5, 0.6) is 0 Å². The predicted octanol–water partition coefficient (Wildman–Crippen LogP) is 4.55. The maximum absolute atomic E-state index is 6.25. The maximum Gasteiger partial charge on any atom is 0.193 e. The topological polar surface area (TPSA) is 46.1 Å². The third kappa shape index (κ3) is 7.32. The smallest absolute Gasteiger partial charge is 0.193 e. The molecule has 0 amide bonds. The summed E-state index contributed by atoms with van der Waals surface area (Å²) in [5.41, 5.74) is 1.13. The summed E-state index contributed by atoms with van der Waals surface area (Å²) in [6.45, 7) is 4.43. The van der Waals surface area contributed by atoms with Crippen molar-refractivity contribution in [3.63, 3.8) is 0 Å². The zero-order chi connectivity index (χ0) is 20.5. The molecule has 0 spiro atoms. The Kier molecular flexibility index (Phi) is 9.37. The molecule has 0 aromatic heterocycles. The van der Waals surface area contributed by atoms with Gasteiger partial charge in [0, 0.05) is 43.3 Å². The molecule has 2 fully saturated rings. The molecule has 7 heteroatoms. The van der Waals surface area contributed by atoms with Gasteiger partial charge in [0.1, 0.15) is 0 Å². The van der Waals surface area contributed by atoms with Crippen LogP contribution in [0, 0.1) is 0 Å². The summed E-state index contributed by atoms with van der Waals surface area (Å²) in [7, 11) is 1.85. The Labute approximate surface area is 184 Å². The van der Waals surface area contributed by atoms with Crippen LogP contribution >= 0.6 is 23.2 Å². The van der Waals surface area contributed by atoms with E-state index in [1.54, 1.807) is 6.07 Å². The van der Waals surface area contributed by atoms with Crippen molar-refractivity contribution in [1.82, 2.24) is 10.2 Å². The third-order valence-electron chi connectivity index (χ3n) is 5.67. The number of halogens is 2. The van der Waals surface area contributed by atoms with Gasteiger partial charge in [-0.3, -0.25) is 4.99 Å². The molecular weight excluding hydrogens is 409 g/mol. The summed E-state index contributed by atoms with van der Waals surface area (Å²) in [4.78, 5) is 6.78. The van der Waals surface area contributed by atoms with Crippen molar-refractivity contribution in [1.29, 1.82) is 0 Å². The van der Waals surface area contributed by atoms with Gasteiger partial charge in [-0.25, -0.2) is 0 Å². The predicted molar refractivity (Wildman–Crippen MR) is 120 cm³/mol. The minimum atomic E-state index is 0.297. The van der Waals surface area contributed by atoms with Crippen molar-refractivity contribution in [3.05, 3.63) is 33.8 Å². The molecule has 2 aliphatic rings. The Morgan fingerprint density at radius 2 is 2.07 bits per heavy atom. The van der Waals surface area contributed by atoms with E-state index in [0.717, 1.165) is 81.5 Å². The summed E-state index contributed by atoms with van der Waals surface area (Å²) in [5, 5.41) is 4.90. The SMILES string of the molecule is CN=C(NCCCc1ccc(Cl)cc1Cl)N1CCC(OCC2CCCCO2)CC1. The van der Waals surface area contributed by atoms with Crippen molar-refractivity contribution in [2.45, 2.75) is 57.2 Å². The van der Waals surface area contributed by atoms with Crippen LogP contribution < -0.4 is 5.32 Å². The van der Waals surface area contributed by atoms with Gasteiger partial charge in [-0.1, -0.05) is 29.3 Å². The van der Waals surface area contributed by atoms with Crippen LogP contribution in [0.15, 0.2) is 23.2 Å². The Balaban J connectivity index is 1.33. The lowest BCUT2D eigenvalue weighted by molar-refractivity contribution is -0.0721. The van der Waals surface area contributed by atoms with Crippen LogP contribution in [0.25, 0.3) is 0 Å². The highest BCUT2D eigenvalue weighted by atomic mass is 35.5. The number of likely N-dealkylation sites (tertiary alicyclic amines) is 1. The first-order chi connectivity index (χ1) is 14.2. The standard InChI is InChI=1S/C22H33Cl2N3O2/c1-25-22(26-11-4-5-17-7-8-18(23)15-21(17)24)27-12-9-19(10-13-27)29-16-20-6-2-3-14-28-20/h7-8,15,19-20H,2-6,9-14,16H2,1H3,(H,25,26). The number of ether oxygens (including phenoxy) is 2. The lowest BCUT2D eigenvalue weighted by Gasteiger charge is -2.35. The minimum absolute atomic E-state index is 0.297. The second-order valence-corrected chi connectivity index (χ2v) is 8.67. The normalized spacial score (nSPS) is 21.4. The fraction of sp³-hybridized carbons (Fsp3) is 0.682. The highest BCUT2D eigenvalue weighted by Crippen LogP contribution is 2.22. The summed E-state index contributed by atoms with van der Waals surface area (Å²) in [6, 6.07) is 5.70. The number of benzene rings is 1. The molecule has 162 valence electrons. The molecule has 1 aromatic carbocycles. The number of guanidine groups is 1. The van der Waals surface area contributed by atoms with Gasteiger partial charge in [0.05, 0.1) is 18.8 Å². The van der Waals surface area contributed by atoms with Gasteiger partial charge in [0.2, 0.25) is 0 Å². The highest BCUT2D eigenvalue weighted by molar-refractivity contribution is 6.35. The molecule has 1 aromatic rings. The number of hydrogen-bond donors (Lipinski definition) is 1. The zero-order valence-corrected chi connectivity index (χ0v) is 18.9. The molecule has 1 atom stereocenters. The van der Waals surface area contributed by atoms with E-state index < -0.39 is 0 Å². The summed E-state index contributed by atoms with van der Waals surface area (Å²) < 4.78 is 11.9. The first-order valence-corrected chi connectivity index (χ1v) is 11.5. The maximum atomic E-state index is 6.25.